The lowest BCUT2D eigenvalue weighted by atomic mass is 10.1. The van der Waals surface area contributed by atoms with Crippen LogP contribution in [0.2, 0.25) is 5.02 Å². The summed E-state index contributed by atoms with van der Waals surface area (Å²) in [5.41, 5.74) is 0.110. The first-order valence-electron chi connectivity index (χ1n) is 5.62. The number of hydrogen-bond donors (Lipinski definition) is 2. The van der Waals surface area contributed by atoms with Gasteiger partial charge in [-0.1, -0.05) is 17.7 Å². The summed E-state index contributed by atoms with van der Waals surface area (Å²) in [6.45, 7) is 0.954. The molecule has 1 fully saturated rings. The van der Waals surface area contributed by atoms with Crippen LogP contribution in [0.15, 0.2) is 18.2 Å². The van der Waals surface area contributed by atoms with E-state index in [0.29, 0.717) is 13.1 Å². The third kappa shape index (κ3) is 2.34. The average molecular weight is 273 g/mol. The van der Waals surface area contributed by atoms with Crippen LogP contribution in [0.25, 0.3) is 0 Å². The highest BCUT2D eigenvalue weighted by atomic mass is 35.5. The Hall–Kier alpha value is -1.17. The first kappa shape index (κ1) is 13.3. The van der Waals surface area contributed by atoms with Gasteiger partial charge in [-0.15, -0.1) is 0 Å². The molecule has 6 heteroatoms. The summed E-state index contributed by atoms with van der Waals surface area (Å²) in [5, 5.41) is 12.5. The molecular formula is C12H14ClFN2O2. The second-order valence-electron chi connectivity index (χ2n) is 4.31. The van der Waals surface area contributed by atoms with E-state index >= 15 is 0 Å². The van der Waals surface area contributed by atoms with Crippen LogP contribution < -0.4 is 5.32 Å². The van der Waals surface area contributed by atoms with Crippen LogP contribution >= 0.6 is 11.6 Å². The Morgan fingerprint density at radius 1 is 1.56 bits per heavy atom. The number of amides is 1. The van der Waals surface area contributed by atoms with Crippen molar-refractivity contribution in [1.82, 2.24) is 10.2 Å². The molecule has 98 valence electrons. The number of hydrogen-bond acceptors (Lipinski definition) is 3. The molecule has 0 spiro atoms. The molecule has 0 unspecified atom stereocenters. The molecule has 1 heterocycles. The second kappa shape index (κ2) is 5.22. The average Bonchev–Trinajstić information content (AvgIpc) is 2.77. The number of halogens is 2. The van der Waals surface area contributed by atoms with Gasteiger partial charge in [-0.3, -0.25) is 4.79 Å². The number of β-amino-alcohol motifs (C(OH)–C–C–N with tert-alkyl or cyclic N) is 1. The maximum atomic E-state index is 13.3. The van der Waals surface area contributed by atoms with Gasteiger partial charge < -0.3 is 15.3 Å². The lowest BCUT2D eigenvalue weighted by molar-refractivity contribution is 0.0581. The van der Waals surface area contributed by atoms with E-state index in [0.717, 1.165) is 0 Å². The second-order valence-corrected chi connectivity index (χ2v) is 4.69. The molecule has 1 aromatic rings. The summed E-state index contributed by atoms with van der Waals surface area (Å²) in [6.07, 6.45) is -0.619. The van der Waals surface area contributed by atoms with E-state index in [-0.39, 0.29) is 16.6 Å². The Labute approximate surface area is 109 Å². The van der Waals surface area contributed by atoms with Gasteiger partial charge in [0.05, 0.1) is 22.7 Å². The van der Waals surface area contributed by atoms with Crippen LogP contribution in [0.1, 0.15) is 10.4 Å². The zero-order valence-electron chi connectivity index (χ0n) is 9.86. The number of likely N-dealkylation sites (N-methyl/N-ethyl adjacent to an activating group) is 1. The van der Waals surface area contributed by atoms with E-state index in [1.54, 1.807) is 7.05 Å². The summed E-state index contributed by atoms with van der Waals surface area (Å²) in [4.78, 5) is 13.6. The smallest absolute Gasteiger partial charge is 0.255 e. The van der Waals surface area contributed by atoms with Gasteiger partial charge in [0.25, 0.3) is 5.91 Å². The van der Waals surface area contributed by atoms with Gasteiger partial charge in [-0.05, 0) is 12.1 Å². The van der Waals surface area contributed by atoms with Crippen molar-refractivity contribution in [3.8, 4) is 0 Å². The Bertz CT molecular complexity index is 469. The molecular weight excluding hydrogens is 259 g/mol. The molecule has 2 N–H and O–H groups in total. The fraction of sp³-hybridized carbons (Fsp3) is 0.417. The maximum Gasteiger partial charge on any atom is 0.255 e. The number of nitrogens with one attached hydrogen (secondary N) is 1. The number of benzene rings is 1. The van der Waals surface area contributed by atoms with Gasteiger partial charge >= 0.3 is 0 Å². The minimum atomic E-state index is -0.624. The van der Waals surface area contributed by atoms with E-state index in [1.165, 1.54) is 23.1 Å². The third-order valence-electron chi connectivity index (χ3n) is 3.15. The molecule has 1 amide bonds. The highest BCUT2D eigenvalue weighted by Gasteiger charge is 2.32. The van der Waals surface area contributed by atoms with Gasteiger partial charge in [0.1, 0.15) is 5.82 Å². The van der Waals surface area contributed by atoms with Crippen molar-refractivity contribution >= 4 is 17.5 Å². The molecule has 1 aliphatic rings. The van der Waals surface area contributed by atoms with Crippen LogP contribution in [0.5, 0.6) is 0 Å². The summed E-state index contributed by atoms with van der Waals surface area (Å²) in [7, 11) is 1.57. The molecule has 1 aliphatic heterocycles. The fourth-order valence-corrected chi connectivity index (χ4v) is 2.26. The highest BCUT2D eigenvalue weighted by molar-refractivity contribution is 6.34. The van der Waals surface area contributed by atoms with Crippen LogP contribution in [0.3, 0.4) is 0 Å². The normalized spacial score (nSPS) is 23.1. The van der Waals surface area contributed by atoms with Crippen LogP contribution in [0.4, 0.5) is 4.39 Å². The number of rotatable bonds is 2. The molecule has 2 atom stereocenters. The lowest BCUT2D eigenvalue weighted by Gasteiger charge is -2.26. The van der Waals surface area contributed by atoms with E-state index < -0.39 is 17.8 Å². The van der Waals surface area contributed by atoms with Crippen LogP contribution in [0, 0.1) is 5.82 Å². The minimum Gasteiger partial charge on any atom is -0.390 e. The molecule has 0 bridgehead atoms. The molecule has 0 aromatic heterocycles. The van der Waals surface area contributed by atoms with Crippen molar-refractivity contribution in [2.75, 3.05) is 20.1 Å². The molecule has 0 radical (unpaired) electrons. The number of aliphatic hydroxyl groups is 1. The molecule has 0 aliphatic carbocycles. The van der Waals surface area contributed by atoms with E-state index in [1.807, 2.05) is 0 Å². The Kier molecular flexibility index (Phi) is 3.85. The largest absolute Gasteiger partial charge is 0.390 e. The van der Waals surface area contributed by atoms with Crippen molar-refractivity contribution in [1.29, 1.82) is 0 Å². The predicted octanol–water partition coefficient (Wildman–Crippen LogP) is 0.884. The first-order chi connectivity index (χ1) is 8.52. The van der Waals surface area contributed by atoms with Gasteiger partial charge in [0.2, 0.25) is 0 Å². The molecule has 1 saturated heterocycles. The van der Waals surface area contributed by atoms with Gasteiger partial charge in [-0.2, -0.15) is 0 Å². The quantitative estimate of drug-likeness (QED) is 0.841. The van der Waals surface area contributed by atoms with Crippen LogP contribution in [-0.4, -0.2) is 48.2 Å². The number of nitrogens with zero attached hydrogens (tertiary/aromatic N) is 1. The summed E-state index contributed by atoms with van der Waals surface area (Å²) in [5.74, 6) is -1.02. The zero-order chi connectivity index (χ0) is 13.3. The highest BCUT2D eigenvalue weighted by Crippen LogP contribution is 2.22. The number of carbonyl (C=O) groups excluding carboxylic acids is 1. The zero-order valence-corrected chi connectivity index (χ0v) is 10.6. The fourth-order valence-electron chi connectivity index (χ4n) is 2.06. The van der Waals surface area contributed by atoms with Gasteiger partial charge in [-0.25, -0.2) is 4.39 Å². The number of carbonyl (C=O) groups is 1. The third-order valence-corrected chi connectivity index (χ3v) is 3.54. The maximum absolute atomic E-state index is 13.3. The summed E-state index contributed by atoms with van der Waals surface area (Å²) in [6, 6.07) is 3.78. The first-order valence-corrected chi connectivity index (χ1v) is 6.00. The molecule has 2 rings (SSSR count). The summed E-state index contributed by atoms with van der Waals surface area (Å²) < 4.78 is 13.3. The summed E-state index contributed by atoms with van der Waals surface area (Å²) >= 11 is 5.77. The number of aliphatic hydroxyl groups excluding tert-OH is 1. The monoisotopic (exact) mass is 272 g/mol. The standard InChI is InChI=1S/C12H14ClFN2O2/c1-16(9-5-15-6-10(9)17)12(18)7-3-2-4-8(14)11(7)13/h2-4,9-10,15,17H,5-6H2,1H3/t9-,10-/m1/s1. The van der Waals surface area contributed by atoms with Crippen molar-refractivity contribution < 1.29 is 14.3 Å². The van der Waals surface area contributed by atoms with Crippen molar-refractivity contribution in [2.24, 2.45) is 0 Å². The minimum absolute atomic E-state index is 0.110. The van der Waals surface area contributed by atoms with Crippen molar-refractivity contribution in [2.45, 2.75) is 12.1 Å². The molecule has 0 saturated carbocycles. The van der Waals surface area contributed by atoms with E-state index in [2.05, 4.69) is 5.32 Å². The Morgan fingerprint density at radius 3 is 2.89 bits per heavy atom. The topological polar surface area (TPSA) is 52.6 Å². The van der Waals surface area contributed by atoms with Crippen molar-refractivity contribution in [3.05, 3.63) is 34.6 Å². The Balaban J connectivity index is 2.23. The van der Waals surface area contributed by atoms with Crippen LogP contribution in [-0.2, 0) is 0 Å². The van der Waals surface area contributed by atoms with E-state index in [4.69, 9.17) is 11.6 Å². The predicted molar refractivity (Wildman–Crippen MR) is 66.2 cm³/mol. The Morgan fingerprint density at radius 2 is 2.28 bits per heavy atom. The molecule has 1 aromatic carbocycles. The van der Waals surface area contributed by atoms with E-state index in [9.17, 15) is 14.3 Å². The SMILES string of the molecule is CN(C(=O)c1cccc(F)c1Cl)[C@@H]1CNC[C@H]1O. The van der Waals surface area contributed by atoms with Gasteiger partial charge in [0, 0.05) is 20.1 Å². The molecule has 18 heavy (non-hydrogen) atoms. The molecule has 4 nitrogen and oxygen atoms in total. The van der Waals surface area contributed by atoms with Gasteiger partial charge in [0.15, 0.2) is 0 Å². The van der Waals surface area contributed by atoms with Crippen molar-refractivity contribution in [3.63, 3.8) is 0 Å². The lowest BCUT2D eigenvalue weighted by Crippen LogP contribution is -2.44.